The van der Waals surface area contributed by atoms with Gasteiger partial charge in [-0.2, -0.15) is 0 Å². The van der Waals surface area contributed by atoms with Gasteiger partial charge >= 0.3 is 0 Å². The molecule has 0 bridgehead atoms. The van der Waals surface area contributed by atoms with Crippen molar-refractivity contribution in [3.63, 3.8) is 0 Å². The zero-order valence-electron chi connectivity index (χ0n) is 6.56. The predicted octanol–water partition coefficient (Wildman–Crippen LogP) is 1.79. The highest BCUT2D eigenvalue weighted by molar-refractivity contribution is 6.19. The molecule has 0 radical (unpaired) electrons. The van der Waals surface area contributed by atoms with Gasteiger partial charge in [0.1, 0.15) is 0 Å². The zero-order valence-corrected chi connectivity index (χ0v) is 7.31. The maximum Gasteiger partial charge on any atom is 0.176 e. The number of rotatable bonds is 4. The Morgan fingerprint density at radius 1 is 1.50 bits per heavy atom. The lowest BCUT2D eigenvalue weighted by Gasteiger charge is -2.08. The maximum absolute atomic E-state index is 5.53. The van der Waals surface area contributed by atoms with Crippen LogP contribution in [0.5, 0.6) is 0 Å². The molecule has 0 aliphatic rings. The molecule has 0 saturated heterocycles. The molecule has 0 fully saturated rings. The van der Waals surface area contributed by atoms with Crippen LogP contribution in [0.25, 0.3) is 0 Å². The van der Waals surface area contributed by atoms with E-state index in [0.717, 1.165) is 5.57 Å². The lowest BCUT2D eigenvalue weighted by molar-refractivity contribution is -0.0670. The summed E-state index contributed by atoms with van der Waals surface area (Å²) in [6.07, 6.45) is 1.58. The number of methoxy groups -OCH3 is 2. The molecule has 0 heterocycles. The highest BCUT2D eigenvalue weighted by atomic mass is 35.5. The summed E-state index contributed by atoms with van der Waals surface area (Å²) in [6, 6.07) is 0. The SMILES string of the molecule is COC(C=C(C)CCl)OC. The Kier molecular flexibility index (Phi) is 5.69. The standard InChI is InChI=1S/C7H13ClO2/c1-6(5-8)4-7(9-2)10-3/h4,7H,5H2,1-3H3. The van der Waals surface area contributed by atoms with Gasteiger partial charge in [-0.1, -0.05) is 5.57 Å². The average molecular weight is 165 g/mol. The highest BCUT2D eigenvalue weighted by Gasteiger charge is 1.98. The van der Waals surface area contributed by atoms with E-state index >= 15 is 0 Å². The van der Waals surface area contributed by atoms with Crippen LogP contribution >= 0.6 is 11.6 Å². The summed E-state index contributed by atoms with van der Waals surface area (Å²) in [5, 5.41) is 0. The Hall–Kier alpha value is -0.0500. The predicted molar refractivity (Wildman–Crippen MR) is 42.3 cm³/mol. The molecular formula is C7H13ClO2. The topological polar surface area (TPSA) is 18.5 Å². The van der Waals surface area contributed by atoms with Crippen LogP contribution < -0.4 is 0 Å². The first-order chi connectivity index (χ1) is 4.74. The van der Waals surface area contributed by atoms with E-state index < -0.39 is 0 Å². The minimum Gasteiger partial charge on any atom is -0.352 e. The Bertz CT molecular complexity index is 108. The van der Waals surface area contributed by atoms with E-state index in [0.29, 0.717) is 5.88 Å². The van der Waals surface area contributed by atoms with Crippen molar-refractivity contribution in [1.82, 2.24) is 0 Å². The molecular weight excluding hydrogens is 152 g/mol. The lowest BCUT2D eigenvalue weighted by Crippen LogP contribution is -2.09. The summed E-state index contributed by atoms with van der Waals surface area (Å²) in [4.78, 5) is 0. The number of alkyl halides is 1. The van der Waals surface area contributed by atoms with E-state index in [-0.39, 0.29) is 6.29 Å². The van der Waals surface area contributed by atoms with Crippen molar-refractivity contribution >= 4 is 11.6 Å². The molecule has 3 heteroatoms. The second-order valence-corrected chi connectivity index (χ2v) is 2.25. The van der Waals surface area contributed by atoms with Crippen LogP contribution in [0.15, 0.2) is 11.6 Å². The van der Waals surface area contributed by atoms with E-state index in [1.54, 1.807) is 14.2 Å². The van der Waals surface area contributed by atoms with Gasteiger partial charge in [0.2, 0.25) is 0 Å². The quantitative estimate of drug-likeness (QED) is 0.358. The third-order valence-electron chi connectivity index (χ3n) is 1.10. The number of allylic oxidation sites excluding steroid dienone is 1. The first-order valence-corrected chi connectivity index (χ1v) is 3.57. The first-order valence-electron chi connectivity index (χ1n) is 3.03. The molecule has 10 heavy (non-hydrogen) atoms. The van der Waals surface area contributed by atoms with Gasteiger partial charge < -0.3 is 9.47 Å². The number of hydrogen-bond donors (Lipinski definition) is 0. The Balaban J connectivity index is 3.80. The molecule has 0 amide bonds. The average Bonchev–Trinajstić information content (AvgIpc) is 1.99. The van der Waals surface area contributed by atoms with Crippen molar-refractivity contribution in [2.24, 2.45) is 0 Å². The second kappa shape index (κ2) is 5.71. The van der Waals surface area contributed by atoms with Crippen LogP contribution in [0.3, 0.4) is 0 Å². The van der Waals surface area contributed by atoms with Crippen molar-refractivity contribution in [1.29, 1.82) is 0 Å². The van der Waals surface area contributed by atoms with Crippen molar-refractivity contribution in [3.8, 4) is 0 Å². The minimum atomic E-state index is -0.265. The summed E-state index contributed by atoms with van der Waals surface area (Å²) >= 11 is 5.53. The molecule has 0 N–H and O–H groups in total. The van der Waals surface area contributed by atoms with E-state index in [2.05, 4.69) is 0 Å². The van der Waals surface area contributed by atoms with Crippen molar-refractivity contribution in [3.05, 3.63) is 11.6 Å². The largest absolute Gasteiger partial charge is 0.352 e. The van der Waals surface area contributed by atoms with Crippen molar-refractivity contribution in [2.45, 2.75) is 13.2 Å². The van der Waals surface area contributed by atoms with Crippen molar-refractivity contribution in [2.75, 3.05) is 20.1 Å². The van der Waals surface area contributed by atoms with Gasteiger partial charge in [0, 0.05) is 20.1 Å². The zero-order chi connectivity index (χ0) is 7.98. The van der Waals surface area contributed by atoms with Crippen LogP contribution in [0, 0.1) is 0 Å². The maximum atomic E-state index is 5.53. The third kappa shape index (κ3) is 3.88. The van der Waals surface area contributed by atoms with E-state index in [4.69, 9.17) is 21.1 Å². The fraction of sp³-hybridized carbons (Fsp3) is 0.714. The smallest absolute Gasteiger partial charge is 0.176 e. The van der Waals surface area contributed by atoms with Crippen molar-refractivity contribution < 1.29 is 9.47 Å². The van der Waals surface area contributed by atoms with Crippen LogP contribution in [0.4, 0.5) is 0 Å². The molecule has 0 unspecified atom stereocenters. The lowest BCUT2D eigenvalue weighted by atomic mass is 10.3. The Labute approximate surface area is 66.8 Å². The van der Waals surface area contributed by atoms with Crippen LogP contribution in [-0.2, 0) is 9.47 Å². The molecule has 0 aromatic rings. The van der Waals surface area contributed by atoms with Gasteiger partial charge in [0.15, 0.2) is 6.29 Å². The molecule has 0 spiro atoms. The summed E-state index contributed by atoms with van der Waals surface area (Å²) in [7, 11) is 3.18. The van der Waals surface area contributed by atoms with Crippen LogP contribution in [0.1, 0.15) is 6.92 Å². The van der Waals surface area contributed by atoms with Gasteiger partial charge in [-0.05, 0) is 13.0 Å². The Morgan fingerprint density at radius 3 is 2.30 bits per heavy atom. The number of ether oxygens (including phenoxy) is 2. The molecule has 2 nitrogen and oxygen atoms in total. The summed E-state index contributed by atoms with van der Waals surface area (Å²) in [5.74, 6) is 0.517. The molecule has 60 valence electrons. The highest BCUT2D eigenvalue weighted by Crippen LogP contribution is 2.01. The molecule has 0 atom stereocenters. The minimum absolute atomic E-state index is 0.265. The summed E-state index contributed by atoms with van der Waals surface area (Å²) in [5.41, 5.74) is 1.05. The molecule has 0 aromatic heterocycles. The van der Waals surface area contributed by atoms with Gasteiger partial charge in [-0.25, -0.2) is 0 Å². The number of hydrogen-bond acceptors (Lipinski definition) is 2. The second-order valence-electron chi connectivity index (χ2n) is 1.99. The van der Waals surface area contributed by atoms with E-state index in [1.165, 1.54) is 0 Å². The first kappa shape index (κ1) is 9.95. The van der Waals surface area contributed by atoms with E-state index in [9.17, 15) is 0 Å². The summed E-state index contributed by atoms with van der Waals surface area (Å²) in [6.45, 7) is 1.93. The monoisotopic (exact) mass is 164 g/mol. The molecule has 0 aromatic carbocycles. The number of halogens is 1. The fourth-order valence-electron chi connectivity index (χ4n) is 0.509. The normalized spacial score (nSPS) is 12.7. The van der Waals surface area contributed by atoms with Gasteiger partial charge in [0.25, 0.3) is 0 Å². The van der Waals surface area contributed by atoms with Crippen LogP contribution in [0.2, 0.25) is 0 Å². The van der Waals surface area contributed by atoms with Gasteiger partial charge in [-0.3, -0.25) is 0 Å². The van der Waals surface area contributed by atoms with E-state index in [1.807, 2.05) is 13.0 Å². The Morgan fingerprint density at radius 2 is 2.00 bits per heavy atom. The summed E-state index contributed by atoms with van der Waals surface area (Å²) < 4.78 is 9.83. The fourth-order valence-corrected chi connectivity index (χ4v) is 0.598. The van der Waals surface area contributed by atoms with Gasteiger partial charge in [-0.15, -0.1) is 11.6 Å². The molecule has 0 rings (SSSR count). The molecule has 0 saturated carbocycles. The molecule has 0 aliphatic carbocycles. The van der Waals surface area contributed by atoms with Gasteiger partial charge in [0.05, 0.1) is 0 Å². The molecule has 0 aliphatic heterocycles. The van der Waals surface area contributed by atoms with Crippen LogP contribution in [-0.4, -0.2) is 26.4 Å². The third-order valence-corrected chi connectivity index (χ3v) is 1.52.